The summed E-state index contributed by atoms with van der Waals surface area (Å²) in [6, 6.07) is 0. The highest BCUT2D eigenvalue weighted by atomic mass is 16.2. The van der Waals surface area contributed by atoms with Crippen molar-refractivity contribution in [2.45, 2.75) is 13.8 Å². The smallest absolute Gasteiger partial charge is 0.230 e. The van der Waals surface area contributed by atoms with Crippen molar-refractivity contribution >= 4 is 11.6 Å². The monoisotopic (exact) mass is 194 g/mol. The van der Waals surface area contributed by atoms with Gasteiger partial charge in [0.25, 0.3) is 0 Å². The van der Waals surface area contributed by atoms with Gasteiger partial charge < -0.3 is 10.6 Å². The van der Waals surface area contributed by atoms with E-state index < -0.39 is 0 Å². The number of H-pyrrole nitrogens is 1. The first-order chi connectivity index (χ1) is 6.68. The fourth-order valence-electron chi connectivity index (χ4n) is 1.43. The Morgan fingerprint density at radius 3 is 2.64 bits per heavy atom. The van der Waals surface area contributed by atoms with E-state index in [-0.39, 0.29) is 11.8 Å². The number of nitrogens with one attached hydrogen (secondary N) is 3. The van der Waals surface area contributed by atoms with Crippen LogP contribution in [-0.2, 0) is 4.79 Å². The molecule has 3 N–H and O–H groups in total. The second kappa shape index (κ2) is 3.42. The van der Waals surface area contributed by atoms with Crippen LogP contribution in [0.1, 0.15) is 11.4 Å². The highest BCUT2D eigenvalue weighted by molar-refractivity contribution is 5.94. The average Bonchev–Trinajstić information content (AvgIpc) is 2.32. The number of carbonyl (C=O) groups excluding carboxylic acids is 1. The van der Waals surface area contributed by atoms with Crippen LogP contribution in [0.2, 0.25) is 0 Å². The van der Waals surface area contributed by atoms with Crippen LogP contribution in [0.3, 0.4) is 0 Å². The number of nitrogens with zero attached hydrogens (tertiary/aromatic N) is 1. The zero-order valence-electron chi connectivity index (χ0n) is 8.35. The van der Waals surface area contributed by atoms with E-state index in [1.54, 1.807) is 0 Å². The molecule has 1 amide bonds. The number of carbonyl (C=O) groups is 1. The summed E-state index contributed by atoms with van der Waals surface area (Å²) in [6.45, 7) is 5.33. The van der Waals surface area contributed by atoms with E-state index in [9.17, 15) is 4.79 Å². The van der Waals surface area contributed by atoms with Gasteiger partial charge in [-0.15, -0.1) is 0 Å². The molecule has 2 rings (SSSR count). The van der Waals surface area contributed by atoms with Crippen LogP contribution in [0.4, 0.5) is 5.69 Å². The minimum atomic E-state index is 0.0800. The number of aromatic nitrogens is 2. The molecule has 76 valence electrons. The number of hydrogen-bond acceptors (Lipinski definition) is 3. The Bertz CT molecular complexity index is 334. The van der Waals surface area contributed by atoms with Gasteiger partial charge in [0.05, 0.1) is 23.0 Å². The molecule has 1 aromatic rings. The lowest BCUT2D eigenvalue weighted by atomic mass is 10.0. The third-order valence-electron chi connectivity index (χ3n) is 2.53. The van der Waals surface area contributed by atoms with Crippen molar-refractivity contribution in [3.8, 4) is 0 Å². The van der Waals surface area contributed by atoms with Crippen LogP contribution >= 0.6 is 0 Å². The third-order valence-corrected chi connectivity index (χ3v) is 2.53. The van der Waals surface area contributed by atoms with Gasteiger partial charge in [0.1, 0.15) is 0 Å². The maximum Gasteiger partial charge on any atom is 0.230 e. The number of aromatic amines is 1. The molecule has 0 aromatic carbocycles. The van der Waals surface area contributed by atoms with Gasteiger partial charge in [-0.1, -0.05) is 0 Å². The maximum atomic E-state index is 11.6. The first-order valence-corrected chi connectivity index (χ1v) is 4.71. The molecule has 1 saturated heterocycles. The molecule has 5 nitrogen and oxygen atoms in total. The number of aryl methyl sites for hydroxylation is 2. The lowest BCUT2D eigenvalue weighted by Crippen LogP contribution is -2.48. The van der Waals surface area contributed by atoms with Gasteiger partial charge >= 0.3 is 0 Å². The Morgan fingerprint density at radius 2 is 2.21 bits per heavy atom. The van der Waals surface area contributed by atoms with Crippen LogP contribution in [0.25, 0.3) is 0 Å². The standard InChI is InChI=1S/C9H14N4O/c1-5-8(6(2)13-12-5)11-9(14)7-3-10-4-7/h7,10H,3-4H2,1-2H3,(H,11,14)(H,12,13). The zero-order chi connectivity index (χ0) is 10.1. The predicted octanol–water partition coefficient (Wildman–Crippen LogP) is 0.184. The maximum absolute atomic E-state index is 11.6. The fraction of sp³-hybridized carbons (Fsp3) is 0.556. The van der Waals surface area contributed by atoms with Crippen molar-refractivity contribution in [2.75, 3.05) is 18.4 Å². The molecule has 1 fully saturated rings. The first-order valence-electron chi connectivity index (χ1n) is 4.71. The van der Waals surface area contributed by atoms with Crippen LogP contribution < -0.4 is 10.6 Å². The highest BCUT2D eigenvalue weighted by Gasteiger charge is 2.25. The van der Waals surface area contributed by atoms with Crippen LogP contribution in [-0.4, -0.2) is 29.2 Å². The molecule has 1 aliphatic heterocycles. The molecule has 2 heterocycles. The van der Waals surface area contributed by atoms with Gasteiger partial charge in [-0.05, 0) is 13.8 Å². The minimum Gasteiger partial charge on any atom is -0.323 e. The van der Waals surface area contributed by atoms with E-state index in [2.05, 4.69) is 20.8 Å². The minimum absolute atomic E-state index is 0.0800. The van der Waals surface area contributed by atoms with Crippen LogP contribution in [0, 0.1) is 19.8 Å². The van der Waals surface area contributed by atoms with E-state index in [4.69, 9.17) is 0 Å². The lowest BCUT2D eigenvalue weighted by Gasteiger charge is -2.25. The molecule has 5 heteroatoms. The van der Waals surface area contributed by atoms with Crippen molar-refractivity contribution < 1.29 is 4.79 Å². The third kappa shape index (κ3) is 1.50. The summed E-state index contributed by atoms with van der Waals surface area (Å²) in [5, 5.41) is 12.8. The van der Waals surface area contributed by atoms with Gasteiger partial charge in [-0.2, -0.15) is 5.10 Å². The van der Waals surface area contributed by atoms with Crippen molar-refractivity contribution in [1.82, 2.24) is 15.5 Å². The molecule has 0 aliphatic carbocycles. The van der Waals surface area contributed by atoms with Gasteiger partial charge in [0.15, 0.2) is 0 Å². The largest absolute Gasteiger partial charge is 0.323 e. The molecular weight excluding hydrogens is 180 g/mol. The number of anilines is 1. The van der Waals surface area contributed by atoms with Gasteiger partial charge in [0.2, 0.25) is 5.91 Å². The Labute approximate surface area is 82.3 Å². The number of rotatable bonds is 2. The van der Waals surface area contributed by atoms with E-state index in [1.165, 1.54) is 0 Å². The van der Waals surface area contributed by atoms with Gasteiger partial charge in [-0.25, -0.2) is 0 Å². The van der Waals surface area contributed by atoms with Gasteiger partial charge in [-0.3, -0.25) is 9.89 Å². The first kappa shape index (κ1) is 9.21. The van der Waals surface area contributed by atoms with E-state index in [1.807, 2.05) is 13.8 Å². The summed E-state index contributed by atoms with van der Waals surface area (Å²) in [5.41, 5.74) is 2.56. The number of hydrogen-bond donors (Lipinski definition) is 3. The van der Waals surface area contributed by atoms with Crippen molar-refractivity contribution in [3.05, 3.63) is 11.4 Å². The van der Waals surface area contributed by atoms with E-state index in [0.717, 1.165) is 30.2 Å². The topological polar surface area (TPSA) is 69.8 Å². The summed E-state index contributed by atoms with van der Waals surface area (Å²) in [5.74, 6) is 0.194. The summed E-state index contributed by atoms with van der Waals surface area (Å²) in [6.07, 6.45) is 0. The van der Waals surface area contributed by atoms with Crippen LogP contribution in [0.5, 0.6) is 0 Å². The van der Waals surface area contributed by atoms with Crippen molar-refractivity contribution in [3.63, 3.8) is 0 Å². The second-order valence-electron chi connectivity index (χ2n) is 3.65. The molecule has 0 atom stereocenters. The molecule has 1 aromatic heterocycles. The zero-order valence-corrected chi connectivity index (χ0v) is 8.35. The summed E-state index contributed by atoms with van der Waals surface area (Å²) in [4.78, 5) is 11.6. The van der Waals surface area contributed by atoms with Crippen molar-refractivity contribution in [2.24, 2.45) is 5.92 Å². The van der Waals surface area contributed by atoms with Gasteiger partial charge in [0, 0.05) is 13.1 Å². The van der Waals surface area contributed by atoms with E-state index in [0.29, 0.717) is 0 Å². The molecule has 14 heavy (non-hydrogen) atoms. The molecular formula is C9H14N4O. The normalized spacial score (nSPS) is 16.4. The molecule has 0 spiro atoms. The Morgan fingerprint density at radius 1 is 1.50 bits per heavy atom. The summed E-state index contributed by atoms with van der Waals surface area (Å²) in [7, 11) is 0. The van der Waals surface area contributed by atoms with Crippen molar-refractivity contribution in [1.29, 1.82) is 0 Å². The molecule has 0 radical (unpaired) electrons. The molecule has 1 aliphatic rings. The summed E-state index contributed by atoms with van der Waals surface area (Å²) >= 11 is 0. The Hall–Kier alpha value is -1.36. The lowest BCUT2D eigenvalue weighted by molar-refractivity contribution is -0.121. The average molecular weight is 194 g/mol. The predicted molar refractivity (Wildman–Crippen MR) is 53.1 cm³/mol. The molecule has 0 saturated carbocycles. The fourth-order valence-corrected chi connectivity index (χ4v) is 1.43. The quantitative estimate of drug-likeness (QED) is 0.629. The summed E-state index contributed by atoms with van der Waals surface area (Å²) < 4.78 is 0. The molecule has 0 bridgehead atoms. The van der Waals surface area contributed by atoms with Crippen LogP contribution in [0.15, 0.2) is 0 Å². The molecule has 0 unspecified atom stereocenters. The highest BCUT2D eigenvalue weighted by Crippen LogP contribution is 2.17. The SMILES string of the molecule is Cc1n[nH]c(C)c1NC(=O)C1CNC1. The van der Waals surface area contributed by atoms with E-state index >= 15 is 0 Å². The second-order valence-corrected chi connectivity index (χ2v) is 3.65. The Kier molecular flexibility index (Phi) is 2.25. The Balaban J connectivity index is 2.06. The number of amides is 1.